The average Bonchev–Trinajstić information content (AvgIpc) is 2.36. The summed E-state index contributed by atoms with van der Waals surface area (Å²) in [5.41, 5.74) is 3.15. The van der Waals surface area contributed by atoms with Crippen LogP contribution in [0.4, 0.5) is 0 Å². The lowest BCUT2D eigenvalue weighted by molar-refractivity contribution is -1.01. The van der Waals surface area contributed by atoms with E-state index < -0.39 is 0 Å². The van der Waals surface area contributed by atoms with Crippen LogP contribution in [0.5, 0.6) is 0 Å². The van der Waals surface area contributed by atoms with E-state index in [1.54, 1.807) is 0 Å². The molecule has 1 aliphatic rings. The van der Waals surface area contributed by atoms with Gasteiger partial charge in [0, 0.05) is 19.3 Å². The maximum Gasteiger partial charge on any atom is 0.272 e. The highest BCUT2D eigenvalue weighted by Crippen LogP contribution is 2.35. The number of piperidine rings is 1. The van der Waals surface area contributed by atoms with Crippen molar-refractivity contribution in [3.63, 3.8) is 0 Å². The molecule has 1 aliphatic heterocycles. The zero-order valence-electron chi connectivity index (χ0n) is 14.5. The van der Waals surface area contributed by atoms with Crippen LogP contribution in [-0.2, 0) is 9.59 Å². The zero-order chi connectivity index (χ0) is 16.1. The number of quaternary nitrogens is 1. The third-order valence-corrected chi connectivity index (χ3v) is 5.32. The van der Waals surface area contributed by atoms with E-state index in [1.807, 2.05) is 0 Å². The molecular formula is C17H33N2O2+. The molecule has 1 N–H and O–H groups in total. The van der Waals surface area contributed by atoms with Crippen molar-refractivity contribution in [2.75, 3.05) is 7.05 Å². The Bertz CT molecular complexity index is 379. The van der Waals surface area contributed by atoms with E-state index in [-0.39, 0.29) is 23.7 Å². The summed E-state index contributed by atoms with van der Waals surface area (Å²) >= 11 is 0. The largest absolute Gasteiger partial charge is 0.299 e. The maximum absolute atomic E-state index is 12.2. The molecule has 0 saturated carbocycles. The lowest BCUT2D eigenvalue weighted by Crippen LogP contribution is -2.73. The fourth-order valence-electron chi connectivity index (χ4n) is 3.32. The van der Waals surface area contributed by atoms with E-state index in [1.165, 1.54) is 6.42 Å². The van der Waals surface area contributed by atoms with Gasteiger partial charge in [0.1, 0.15) is 17.4 Å². The number of Topliss-reactive ketones (excluding diaryl/α,β-unsaturated/α-hetero) is 1. The van der Waals surface area contributed by atoms with Crippen molar-refractivity contribution in [1.82, 2.24) is 5.43 Å². The van der Waals surface area contributed by atoms with Crippen LogP contribution in [0.25, 0.3) is 0 Å². The van der Waals surface area contributed by atoms with E-state index in [4.69, 9.17) is 0 Å². The van der Waals surface area contributed by atoms with Gasteiger partial charge in [-0.15, -0.1) is 0 Å². The van der Waals surface area contributed by atoms with Crippen molar-refractivity contribution >= 4 is 11.7 Å². The van der Waals surface area contributed by atoms with Crippen molar-refractivity contribution in [2.24, 2.45) is 0 Å². The number of ketones is 1. The summed E-state index contributed by atoms with van der Waals surface area (Å²) < 4.78 is 0.536. The molecule has 0 spiro atoms. The van der Waals surface area contributed by atoms with Gasteiger partial charge in [0.15, 0.2) is 0 Å². The van der Waals surface area contributed by atoms with Crippen LogP contribution in [0.1, 0.15) is 79.1 Å². The van der Waals surface area contributed by atoms with Gasteiger partial charge in [0.2, 0.25) is 0 Å². The van der Waals surface area contributed by atoms with E-state index in [0.29, 0.717) is 17.1 Å². The second kappa shape index (κ2) is 7.39. The van der Waals surface area contributed by atoms with Crippen molar-refractivity contribution in [3.8, 4) is 0 Å². The Balaban J connectivity index is 2.57. The standard InChI is InChI=1S/C17H32N2O2/c1-6-7-8-11-15(20)13-16(21)18-19(5)14(2)10-9-12-17(19,3)4/h14H,6-13H2,1-5H3/p+1. The Morgan fingerprint density at radius 1 is 1.29 bits per heavy atom. The number of nitrogens with one attached hydrogen (secondary N) is 1. The first kappa shape index (κ1) is 18.1. The van der Waals surface area contributed by atoms with Gasteiger partial charge in [-0.05, 0) is 33.6 Å². The second-order valence-electron chi connectivity index (χ2n) is 7.34. The SMILES string of the molecule is CCCCCC(=O)CC(=O)N[N+]1(C)C(C)CCCC1(C)C. The number of unbranched alkanes of at least 4 members (excludes halogenated alkanes) is 2. The summed E-state index contributed by atoms with van der Waals surface area (Å²) in [5.74, 6) is -0.0594. The fourth-order valence-corrected chi connectivity index (χ4v) is 3.32. The molecular weight excluding hydrogens is 264 g/mol. The first-order valence-electron chi connectivity index (χ1n) is 8.42. The third-order valence-electron chi connectivity index (χ3n) is 5.32. The molecule has 1 saturated heterocycles. The molecule has 0 aromatic carbocycles. The molecule has 1 rings (SSSR count). The van der Waals surface area contributed by atoms with Gasteiger partial charge >= 0.3 is 0 Å². The number of carbonyl (C=O) groups is 2. The molecule has 1 heterocycles. The van der Waals surface area contributed by atoms with Crippen molar-refractivity contribution in [3.05, 3.63) is 0 Å². The fraction of sp³-hybridized carbons (Fsp3) is 0.882. The molecule has 0 aliphatic carbocycles. The predicted octanol–water partition coefficient (Wildman–Crippen LogP) is 3.35. The lowest BCUT2D eigenvalue weighted by atomic mass is 9.86. The Kier molecular flexibility index (Phi) is 6.39. The van der Waals surface area contributed by atoms with E-state index >= 15 is 0 Å². The molecule has 21 heavy (non-hydrogen) atoms. The molecule has 4 heteroatoms. The number of carbonyl (C=O) groups excluding carboxylic acids is 2. The lowest BCUT2D eigenvalue weighted by Gasteiger charge is -2.53. The van der Waals surface area contributed by atoms with Crippen LogP contribution in [-0.4, -0.2) is 34.9 Å². The molecule has 1 fully saturated rings. The van der Waals surface area contributed by atoms with Gasteiger partial charge in [-0.3, -0.25) is 9.59 Å². The Labute approximate surface area is 129 Å². The maximum atomic E-state index is 12.2. The van der Waals surface area contributed by atoms with Crippen LogP contribution >= 0.6 is 0 Å². The van der Waals surface area contributed by atoms with E-state index in [9.17, 15) is 9.59 Å². The summed E-state index contributed by atoms with van der Waals surface area (Å²) in [5, 5.41) is 0. The van der Waals surface area contributed by atoms with Gasteiger partial charge in [-0.2, -0.15) is 0 Å². The van der Waals surface area contributed by atoms with Gasteiger partial charge in [-0.1, -0.05) is 19.8 Å². The number of nitrogens with zero attached hydrogens (tertiary/aromatic N) is 1. The first-order valence-corrected chi connectivity index (χ1v) is 8.42. The molecule has 2 unspecified atom stereocenters. The summed E-state index contributed by atoms with van der Waals surface area (Å²) in [7, 11) is 2.09. The monoisotopic (exact) mass is 297 g/mol. The third kappa shape index (κ3) is 4.53. The number of rotatable bonds is 7. The number of likely N-dealkylation sites (tertiary alicyclic amines) is 1. The van der Waals surface area contributed by atoms with Crippen LogP contribution in [0, 0.1) is 0 Å². The second-order valence-corrected chi connectivity index (χ2v) is 7.34. The van der Waals surface area contributed by atoms with Gasteiger partial charge in [0.25, 0.3) is 5.91 Å². The normalized spacial score (nSPS) is 28.1. The predicted molar refractivity (Wildman–Crippen MR) is 85.5 cm³/mol. The average molecular weight is 297 g/mol. The highest BCUT2D eigenvalue weighted by atomic mass is 16.2. The summed E-state index contributed by atoms with van der Waals surface area (Å²) in [6.45, 7) is 8.70. The quantitative estimate of drug-likeness (QED) is 0.445. The summed E-state index contributed by atoms with van der Waals surface area (Å²) in [4.78, 5) is 24.1. The van der Waals surface area contributed by atoms with Crippen LogP contribution in [0.15, 0.2) is 0 Å². The van der Waals surface area contributed by atoms with Gasteiger partial charge in [0.05, 0.1) is 13.5 Å². The molecule has 0 radical (unpaired) electrons. The number of hydrogen-bond donors (Lipinski definition) is 1. The Hall–Kier alpha value is -0.900. The smallest absolute Gasteiger partial charge is 0.272 e. The molecule has 4 nitrogen and oxygen atoms in total. The molecule has 0 aromatic heterocycles. The van der Waals surface area contributed by atoms with Crippen LogP contribution in [0.3, 0.4) is 0 Å². The molecule has 2 atom stereocenters. The topological polar surface area (TPSA) is 46.2 Å². The van der Waals surface area contributed by atoms with Crippen molar-refractivity contribution < 1.29 is 14.2 Å². The van der Waals surface area contributed by atoms with E-state index in [0.717, 1.165) is 32.1 Å². The number of hydrogen-bond acceptors (Lipinski definition) is 2. The molecule has 1 amide bonds. The molecule has 0 aromatic rings. The minimum absolute atomic E-state index is 0.0125. The minimum atomic E-state index is -0.124. The summed E-state index contributed by atoms with van der Waals surface area (Å²) in [6.07, 6.45) is 7.03. The Morgan fingerprint density at radius 2 is 1.95 bits per heavy atom. The van der Waals surface area contributed by atoms with Gasteiger partial charge < -0.3 is 0 Å². The molecule has 122 valence electrons. The van der Waals surface area contributed by atoms with Crippen molar-refractivity contribution in [2.45, 2.75) is 90.6 Å². The zero-order valence-corrected chi connectivity index (χ0v) is 14.5. The van der Waals surface area contributed by atoms with Crippen molar-refractivity contribution in [1.29, 1.82) is 0 Å². The Morgan fingerprint density at radius 3 is 2.52 bits per heavy atom. The molecule has 0 bridgehead atoms. The highest BCUT2D eigenvalue weighted by Gasteiger charge is 2.48. The first-order chi connectivity index (χ1) is 9.73. The van der Waals surface area contributed by atoms with Crippen LogP contribution < -0.4 is 5.43 Å². The highest BCUT2D eigenvalue weighted by molar-refractivity contribution is 5.97. The minimum Gasteiger partial charge on any atom is -0.299 e. The number of amides is 1. The summed E-state index contributed by atoms with van der Waals surface area (Å²) in [6, 6.07) is 0.382. The van der Waals surface area contributed by atoms with Gasteiger partial charge in [-0.25, -0.2) is 10.0 Å². The van der Waals surface area contributed by atoms with Crippen LogP contribution in [0.2, 0.25) is 0 Å². The van der Waals surface area contributed by atoms with E-state index in [2.05, 4.69) is 40.2 Å².